The first-order valence-electron chi connectivity index (χ1n) is 5.61. The molecule has 0 radical (unpaired) electrons. The zero-order valence-electron chi connectivity index (χ0n) is 10.0. The number of rotatable bonds is 2. The second kappa shape index (κ2) is 3.94. The van der Waals surface area contributed by atoms with Crippen molar-refractivity contribution in [2.75, 3.05) is 20.1 Å². The molecule has 16 heavy (non-hydrogen) atoms. The van der Waals surface area contributed by atoms with Crippen molar-refractivity contribution in [1.29, 1.82) is 0 Å². The van der Waals surface area contributed by atoms with Crippen molar-refractivity contribution in [2.45, 2.75) is 26.3 Å². The van der Waals surface area contributed by atoms with Gasteiger partial charge in [-0.1, -0.05) is 0 Å². The molecule has 4 nitrogen and oxygen atoms in total. The molecule has 88 valence electrons. The van der Waals surface area contributed by atoms with E-state index >= 15 is 0 Å². The fourth-order valence-electron chi connectivity index (χ4n) is 2.68. The molecular weight excluding hydrogens is 204 g/mol. The predicted octanol–water partition coefficient (Wildman–Crippen LogP) is 1.68. The maximum atomic E-state index is 11.0. The van der Waals surface area contributed by atoms with Crippen molar-refractivity contribution in [3.8, 4) is 0 Å². The number of carbonyl (C=O) groups is 1. The van der Waals surface area contributed by atoms with Crippen molar-refractivity contribution in [1.82, 2.24) is 9.47 Å². The maximum Gasteiger partial charge on any atom is 0.337 e. The van der Waals surface area contributed by atoms with Crippen LogP contribution in [0.2, 0.25) is 0 Å². The van der Waals surface area contributed by atoms with E-state index in [2.05, 4.69) is 16.5 Å². The smallest absolute Gasteiger partial charge is 0.337 e. The van der Waals surface area contributed by atoms with Crippen LogP contribution in [0.4, 0.5) is 0 Å². The highest BCUT2D eigenvalue weighted by atomic mass is 16.4. The number of nitrogens with zero attached hydrogens (tertiary/aromatic N) is 2. The highest BCUT2D eigenvalue weighted by Gasteiger charge is 2.25. The van der Waals surface area contributed by atoms with E-state index in [4.69, 9.17) is 5.11 Å². The summed E-state index contributed by atoms with van der Waals surface area (Å²) >= 11 is 0. The molecule has 0 amide bonds. The Bertz CT molecular complexity index is 423. The zero-order valence-corrected chi connectivity index (χ0v) is 10.0. The van der Waals surface area contributed by atoms with Crippen molar-refractivity contribution in [2.24, 2.45) is 0 Å². The van der Waals surface area contributed by atoms with Crippen LogP contribution in [0, 0.1) is 13.8 Å². The summed E-state index contributed by atoms with van der Waals surface area (Å²) in [5.41, 5.74) is 2.37. The number of carboxylic acid groups (broad SMARTS) is 1. The highest BCUT2D eigenvalue weighted by Crippen LogP contribution is 2.26. The summed E-state index contributed by atoms with van der Waals surface area (Å²) in [4.78, 5) is 13.3. The first-order chi connectivity index (χ1) is 7.50. The second-order valence-electron chi connectivity index (χ2n) is 4.66. The number of aryl methyl sites for hydroxylation is 1. The average molecular weight is 222 g/mol. The van der Waals surface area contributed by atoms with Gasteiger partial charge < -0.3 is 14.6 Å². The van der Waals surface area contributed by atoms with E-state index < -0.39 is 5.97 Å². The largest absolute Gasteiger partial charge is 0.478 e. The maximum absolute atomic E-state index is 11.0. The molecule has 4 heteroatoms. The monoisotopic (exact) mass is 222 g/mol. The van der Waals surface area contributed by atoms with Crippen LogP contribution in [0.1, 0.15) is 34.2 Å². The molecule has 0 saturated carbocycles. The van der Waals surface area contributed by atoms with Gasteiger partial charge in [-0.3, -0.25) is 0 Å². The summed E-state index contributed by atoms with van der Waals surface area (Å²) in [5, 5.41) is 9.07. The van der Waals surface area contributed by atoms with E-state index in [0.29, 0.717) is 11.6 Å². The van der Waals surface area contributed by atoms with E-state index in [1.54, 1.807) is 6.07 Å². The summed E-state index contributed by atoms with van der Waals surface area (Å²) in [7, 11) is 2.10. The Morgan fingerprint density at radius 1 is 1.50 bits per heavy atom. The van der Waals surface area contributed by atoms with Crippen LogP contribution in [0.25, 0.3) is 0 Å². The fraction of sp³-hybridized carbons (Fsp3) is 0.583. The van der Waals surface area contributed by atoms with Crippen LogP contribution in [0.5, 0.6) is 0 Å². The Morgan fingerprint density at radius 3 is 2.62 bits per heavy atom. The quantitative estimate of drug-likeness (QED) is 0.828. The molecule has 1 aliphatic rings. The number of hydrogen-bond donors (Lipinski definition) is 1. The van der Waals surface area contributed by atoms with Crippen LogP contribution in [0.15, 0.2) is 6.07 Å². The molecule has 1 N–H and O–H groups in total. The lowest BCUT2D eigenvalue weighted by Crippen LogP contribution is -2.18. The van der Waals surface area contributed by atoms with Crippen LogP contribution in [0.3, 0.4) is 0 Å². The normalized spacial score (nSPS) is 21.6. The van der Waals surface area contributed by atoms with Gasteiger partial charge in [-0.15, -0.1) is 0 Å². The number of carboxylic acids is 1. The molecule has 1 aromatic heterocycles. The molecular formula is C12H18N2O2. The van der Waals surface area contributed by atoms with E-state index in [0.717, 1.165) is 30.9 Å². The molecule has 2 rings (SSSR count). The Morgan fingerprint density at radius 2 is 2.19 bits per heavy atom. The zero-order chi connectivity index (χ0) is 11.9. The van der Waals surface area contributed by atoms with Gasteiger partial charge in [-0.25, -0.2) is 4.79 Å². The Balaban J connectivity index is 2.37. The van der Waals surface area contributed by atoms with Crippen LogP contribution in [-0.4, -0.2) is 40.7 Å². The van der Waals surface area contributed by atoms with Gasteiger partial charge in [0.1, 0.15) is 0 Å². The number of aromatic nitrogens is 1. The minimum atomic E-state index is -0.828. The molecule has 1 unspecified atom stereocenters. The van der Waals surface area contributed by atoms with Crippen LogP contribution >= 0.6 is 0 Å². The van der Waals surface area contributed by atoms with E-state index in [1.807, 2.05) is 13.8 Å². The van der Waals surface area contributed by atoms with E-state index in [1.165, 1.54) is 0 Å². The van der Waals surface area contributed by atoms with Crippen molar-refractivity contribution in [3.05, 3.63) is 23.0 Å². The van der Waals surface area contributed by atoms with Gasteiger partial charge in [-0.2, -0.15) is 0 Å². The third-order valence-electron chi connectivity index (χ3n) is 3.45. The third kappa shape index (κ3) is 1.73. The van der Waals surface area contributed by atoms with E-state index in [-0.39, 0.29) is 0 Å². The molecule has 1 aromatic rings. The molecule has 2 heterocycles. The molecule has 0 spiro atoms. The van der Waals surface area contributed by atoms with Gasteiger partial charge in [0.05, 0.1) is 5.56 Å². The Kier molecular flexibility index (Phi) is 2.76. The summed E-state index contributed by atoms with van der Waals surface area (Å²) in [6, 6.07) is 2.20. The highest BCUT2D eigenvalue weighted by molar-refractivity contribution is 5.89. The predicted molar refractivity (Wildman–Crippen MR) is 62.0 cm³/mol. The molecule has 1 fully saturated rings. The SMILES string of the molecule is Cc1cc(C(=O)O)c(C)n1C1CCN(C)C1. The molecule has 0 aliphatic carbocycles. The minimum Gasteiger partial charge on any atom is -0.478 e. The standard InChI is InChI=1S/C12H18N2O2/c1-8-6-11(12(15)16)9(2)14(8)10-4-5-13(3)7-10/h6,10H,4-5,7H2,1-3H3,(H,15,16). The molecule has 0 bridgehead atoms. The lowest BCUT2D eigenvalue weighted by molar-refractivity contribution is 0.0696. The summed E-state index contributed by atoms with van der Waals surface area (Å²) in [6.07, 6.45) is 1.10. The van der Waals surface area contributed by atoms with Crippen LogP contribution < -0.4 is 0 Å². The van der Waals surface area contributed by atoms with Crippen molar-refractivity contribution >= 4 is 5.97 Å². The fourth-order valence-corrected chi connectivity index (χ4v) is 2.68. The van der Waals surface area contributed by atoms with Gasteiger partial charge in [0.15, 0.2) is 0 Å². The van der Waals surface area contributed by atoms with Gasteiger partial charge >= 0.3 is 5.97 Å². The average Bonchev–Trinajstić information content (AvgIpc) is 2.71. The van der Waals surface area contributed by atoms with E-state index in [9.17, 15) is 4.79 Å². The first kappa shape index (κ1) is 11.2. The lowest BCUT2D eigenvalue weighted by atomic mass is 10.2. The molecule has 1 atom stereocenters. The lowest BCUT2D eigenvalue weighted by Gasteiger charge is -2.17. The number of aromatic carboxylic acids is 1. The molecule has 1 aliphatic heterocycles. The van der Waals surface area contributed by atoms with Gasteiger partial charge in [-0.05, 0) is 39.9 Å². The summed E-state index contributed by atoms with van der Waals surface area (Å²) in [5.74, 6) is -0.828. The van der Waals surface area contributed by atoms with Crippen LogP contribution in [-0.2, 0) is 0 Å². The minimum absolute atomic E-state index is 0.429. The third-order valence-corrected chi connectivity index (χ3v) is 3.45. The number of likely N-dealkylation sites (tertiary alicyclic amines) is 1. The molecule has 0 aromatic carbocycles. The van der Waals surface area contributed by atoms with Gasteiger partial charge in [0.2, 0.25) is 0 Å². The Labute approximate surface area is 95.5 Å². The Hall–Kier alpha value is -1.29. The van der Waals surface area contributed by atoms with Crippen molar-refractivity contribution in [3.63, 3.8) is 0 Å². The topological polar surface area (TPSA) is 45.5 Å². The molecule has 1 saturated heterocycles. The van der Waals surface area contributed by atoms with Gasteiger partial charge in [0.25, 0.3) is 0 Å². The van der Waals surface area contributed by atoms with Crippen molar-refractivity contribution < 1.29 is 9.90 Å². The first-order valence-corrected chi connectivity index (χ1v) is 5.61. The summed E-state index contributed by atoms with van der Waals surface area (Å²) in [6.45, 7) is 5.98. The summed E-state index contributed by atoms with van der Waals surface area (Å²) < 4.78 is 2.17. The number of likely N-dealkylation sites (N-methyl/N-ethyl adjacent to an activating group) is 1. The number of hydrogen-bond acceptors (Lipinski definition) is 2. The second-order valence-corrected chi connectivity index (χ2v) is 4.66. The van der Waals surface area contributed by atoms with Gasteiger partial charge in [0, 0.05) is 24.0 Å².